The van der Waals surface area contributed by atoms with Gasteiger partial charge in [-0.25, -0.2) is 0 Å². The number of halogens is 1. The zero-order chi connectivity index (χ0) is 24.5. The molecular formula is C27H28ClN5O. The molecule has 3 aromatic rings. The molecule has 0 aliphatic rings. The van der Waals surface area contributed by atoms with Crippen LogP contribution in [0.3, 0.4) is 0 Å². The van der Waals surface area contributed by atoms with E-state index in [1.165, 1.54) is 0 Å². The fraction of sp³-hybridized carbons (Fsp3) is 0.185. The predicted molar refractivity (Wildman–Crippen MR) is 142 cm³/mol. The van der Waals surface area contributed by atoms with E-state index in [4.69, 9.17) is 17.0 Å². The largest absolute Gasteiger partial charge is 0.302 e. The Morgan fingerprint density at radius 2 is 1.62 bits per heavy atom. The number of para-hydroxylation sites is 1. The summed E-state index contributed by atoms with van der Waals surface area (Å²) in [5, 5.41) is 13.6. The van der Waals surface area contributed by atoms with Gasteiger partial charge in [0.25, 0.3) is 0 Å². The van der Waals surface area contributed by atoms with Crippen LogP contribution in [0.2, 0.25) is 5.02 Å². The molecule has 0 spiro atoms. The van der Waals surface area contributed by atoms with E-state index in [0.29, 0.717) is 28.8 Å². The SMILES string of the molecule is CN=C(C)N(C(C)=N)c1ccccc1C(=NNCC(=O)Cc1ccccc1)c1ccc(Cl)cc1. The molecule has 3 aromatic carbocycles. The Morgan fingerprint density at radius 3 is 2.26 bits per heavy atom. The predicted octanol–water partition coefficient (Wildman–Crippen LogP) is 5.35. The van der Waals surface area contributed by atoms with Crippen LogP contribution in [0.1, 0.15) is 30.5 Å². The van der Waals surface area contributed by atoms with Crippen LogP contribution in [0, 0.1) is 5.41 Å². The van der Waals surface area contributed by atoms with Crippen molar-refractivity contribution in [3.63, 3.8) is 0 Å². The molecule has 0 aliphatic heterocycles. The van der Waals surface area contributed by atoms with Gasteiger partial charge in [-0.1, -0.05) is 72.3 Å². The molecule has 0 aromatic heterocycles. The third-order valence-corrected chi connectivity index (χ3v) is 5.46. The van der Waals surface area contributed by atoms with Gasteiger partial charge in [-0.3, -0.25) is 20.1 Å². The van der Waals surface area contributed by atoms with Crippen molar-refractivity contribution in [3.8, 4) is 0 Å². The summed E-state index contributed by atoms with van der Waals surface area (Å²) in [7, 11) is 1.70. The first-order valence-corrected chi connectivity index (χ1v) is 11.3. The molecule has 0 radical (unpaired) electrons. The fourth-order valence-corrected chi connectivity index (χ4v) is 3.67. The van der Waals surface area contributed by atoms with Gasteiger partial charge in [-0.05, 0) is 37.6 Å². The van der Waals surface area contributed by atoms with Crippen LogP contribution in [-0.2, 0) is 11.2 Å². The second-order valence-electron chi connectivity index (χ2n) is 7.71. The highest BCUT2D eigenvalue weighted by atomic mass is 35.5. The molecule has 0 aliphatic carbocycles. The number of benzene rings is 3. The highest BCUT2D eigenvalue weighted by Gasteiger charge is 2.20. The minimum Gasteiger partial charge on any atom is -0.302 e. The molecule has 7 heteroatoms. The maximum Gasteiger partial charge on any atom is 0.157 e. The van der Waals surface area contributed by atoms with Gasteiger partial charge < -0.3 is 5.43 Å². The Hall–Kier alpha value is -3.77. The molecule has 0 atom stereocenters. The number of rotatable bonds is 8. The molecule has 0 unspecified atom stereocenters. The number of ketones is 1. The molecule has 3 rings (SSSR count). The van der Waals surface area contributed by atoms with E-state index in [1.807, 2.05) is 73.7 Å². The fourth-order valence-electron chi connectivity index (χ4n) is 3.55. The molecule has 2 N–H and O–H groups in total. The normalized spacial score (nSPS) is 11.8. The van der Waals surface area contributed by atoms with E-state index in [2.05, 4.69) is 15.5 Å². The summed E-state index contributed by atoms with van der Waals surface area (Å²) in [6, 6.07) is 24.7. The van der Waals surface area contributed by atoms with Crippen LogP contribution in [0.5, 0.6) is 0 Å². The van der Waals surface area contributed by atoms with Gasteiger partial charge in [-0.2, -0.15) is 5.10 Å². The average Bonchev–Trinajstić information content (AvgIpc) is 2.83. The Labute approximate surface area is 205 Å². The molecule has 6 nitrogen and oxygen atoms in total. The lowest BCUT2D eigenvalue weighted by Gasteiger charge is -2.26. The molecule has 0 saturated carbocycles. The van der Waals surface area contributed by atoms with Crippen molar-refractivity contribution in [2.24, 2.45) is 10.1 Å². The number of carbonyl (C=O) groups excluding carboxylic acids is 1. The van der Waals surface area contributed by atoms with E-state index in [0.717, 1.165) is 22.4 Å². The van der Waals surface area contributed by atoms with Crippen LogP contribution >= 0.6 is 11.6 Å². The van der Waals surface area contributed by atoms with Gasteiger partial charge in [0.05, 0.1) is 17.9 Å². The van der Waals surface area contributed by atoms with Crippen molar-refractivity contribution in [1.82, 2.24) is 5.43 Å². The number of hydrazone groups is 1. The highest BCUT2D eigenvalue weighted by Crippen LogP contribution is 2.25. The van der Waals surface area contributed by atoms with Gasteiger partial charge in [-0.15, -0.1) is 0 Å². The van der Waals surface area contributed by atoms with Crippen LogP contribution in [-0.4, -0.2) is 36.8 Å². The third-order valence-electron chi connectivity index (χ3n) is 5.21. The number of amidine groups is 2. The van der Waals surface area contributed by atoms with E-state index in [9.17, 15) is 4.79 Å². The molecule has 34 heavy (non-hydrogen) atoms. The Kier molecular flexibility index (Phi) is 8.71. The van der Waals surface area contributed by atoms with Crippen molar-refractivity contribution in [3.05, 3.63) is 101 Å². The Morgan fingerprint density at radius 1 is 0.971 bits per heavy atom. The molecule has 174 valence electrons. The lowest BCUT2D eigenvalue weighted by molar-refractivity contribution is -0.117. The summed E-state index contributed by atoms with van der Waals surface area (Å²) < 4.78 is 0. The first-order valence-electron chi connectivity index (χ1n) is 10.9. The second kappa shape index (κ2) is 11.9. The van der Waals surface area contributed by atoms with E-state index >= 15 is 0 Å². The summed E-state index contributed by atoms with van der Waals surface area (Å²) in [6.45, 7) is 3.66. The number of nitrogens with zero attached hydrogens (tertiary/aromatic N) is 3. The zero-order valence-electron chi connectivity index (χ0n) is 19.5. The number of Topliss-reactive ketones (excluding diaryl/α,β-unsaturated/α-hetero) is 1. The Balaban J connectivity index is 1.97. The Bertz CT molecular complexity index is 1200. The number of hydrogen-bond acceptors (Lipinski definition) is 5. The third kappa shape index (κ3) is 6.39. The second-order valence-corrected chi connectivity index (χ2v) is 8.15. The quantitative estimate of drug-likeness (QED) is 0.263. The summed E-state index contributed by atoms with van der Waals surface area (Å²) in [6.07, 6.45) is 0.336. The van der Waals surface area contributed by atoms with Crippen molar-refractivity contribution in [2.45, 2.75) is 20.3 Å². The van der Waals surface area contributed by atoms with Crippen molar-refractivity contribution < 1.29 is 4.79 Å². The molecule has 0 heterocycles. The van der Waals surface area contributed by atoms with Crippen LogP contribution in [0.15, 0.2) is 89.0 Å². The number of nitrogens with one attached hydrogen (secondary N) is 2. The smallest absolute Gasteiger partial charge is 0.157 e. The molecule has 0 amide bonds. The van der Waals surface area contributed by atoms with Crippen LogP contribution in [0.4, 0.5) is 5.69 Å². The topological polar surface area (TPSA) is 80.9 Å². The summed E-state index contributed by atoms with van der Waals surface area (Å²) in [5.74, 6) is 1.04. The maximum atomic E-state index is 12.5. The number of carbonyl (C=O) groups is 1. The molecule has 0 saturated heterocycles. The first kappa shape index (κ1) is 24.9. The van der Waals surface area contributed by atoms with Crippen molar-refractivity contribution in [1.29, 1.82) is 5.41 Å². The first-order chi connectivity index (χ1) is 16.4. The van der Waals surface area contributed by atoms with Crippen molar-refractivity contribution in [2.75, 3.05) is 18.5 Å². The summed E-state index contributed by atoms with van der Waals surface area (Å²) in [4.78, 5) is 18.5. The van der Waals surface area contributed by atoms with Gasteiger partial charge >= 0.3 is 0 Å². The van der Waals surface area contributed by atoms with Gasteiger partial charge in [0.1, 0.15) is 11.7 Å². The lowest BCUT2D eigenvalue weighted by atomic mass is 10.00. The van der Waals surface area contributed by atoms with Gasteiger partial charge in [0.15, 0.2) is 5.78 Å². The maximum absolute atomic E-state index is 12.5. The minimum absolute atomic E-state index is 0.0321. The monoisotopic (exact) mass is 473 g/mol. The van der Waals surface area contributed by atoms with Crippen LogP contribution < -0.4 is 10.3 Å². The standard InChI is InChI=1S/C27H28ClN5O/c1-19(29)33(20(2)30-3)26-12-8-7-11-25(26)27(22-13-15-23(28)16-14-22)32-31-18-24(34)17-21-9-5-4-6-10-21/h4-16,29,31H,17-18H2,1-3H3. The van der Waals surface area contributed by atoms with E-state index < -0.39 is 0 Å². The highest BCUT2D eigenvalue weighted by molar-refractivity contribution is 6.31. The molecule has 0 fully saturated rings. The minimum atomic E-state index is 0.0321. The van der Waals surface area contributed by atoms with E-state index in [-0.39, 0.29) is 12.3 Å². The van der Waals surface area contributed by atoms with Crippen LogP contribution in [0.25, 0.3) is 0 Å². The zero-order valence-corrected chi connectivity index (χ0v) is 20.3. The molecule has 0 bridgehead atoms. The van der Waals surface area contributed by atoms with Gasteiger partial charge in [0.2, 0.25) is 0 Å². The van der Waals surface area contributed by atoms with E-state index in [1.54, 1.807) is 31.0 Å². The molecular weight excluding hydrogens is 446 g/mol. The van der Waals surface area contributed by atoms with Gasteiger partial charge in [0, 0.05) is 29.6 Å². The average molecular weight is 474 g/mol. The van der Waals surface area contributed by atoms with Crippen molar-refractivity contribution >= 4 is 40.5 Å². The summed E-state index contributed by atoms with van der Waals surface area (Å²) >= 11 is 6.12. The lowest BCUT2D eigenvalue weighted by Crippen LogP contribution is -2.34. The number of hydrogen-bond donors (Lipinski definition) is 2. The number of anilines is 1. The summed E-state index contributed by atoms with van der Waals surface area (Å²) in [5.41, 5.74) is 6.95. The number of aliphatic imine (C=N–C) groups is 1.